The molecule has 6 nitrogen and oxygen atoms in total. The number of benzene rings is 1. The van der Waals surface area contributed by atoms with E-state index in [1.54, 1.807) is 6.92 Å². The number of nitrogens with zero attached hydrogens (tertiary/aromatic N) is 3. The highest BCUT2D eigenvalue weighted by Crippen LogP contribution is 2.38. The van der Waals surface area contributed by atoms with Gasteiger partial charge in [0.05, 0.1) is 5.69 Å². The van der Waals surface area contributed by atoms with Crippen LogP contribution in [0.3, 0.4) is 0 Å². The van der Waals surface area contributed by atoms with E-state index in [1.807, 2.05) is 0 Å². The van der Waals surface area contributed by atoms with Gasteiger partial charge in [-0.15, -0.1) is 0 Å². The second kappa shape index (κ2) is 9.62. The predicted octanol–water partition coefficient (Wildman–Crippen LogP) is 4.40. The van der Waals surface area contributed by atoms with Gasteiger partial charge in [-0.3, -0.25) is 14.5 Å². The first kappa shape index (κ1) is 24.9. The predicted molar refractivity (Wildman–Crippen MR) is 114 cm³/mol. The zero-order valence-electron chi connectivity index (χ0n) is 18.0. The van der Waals surface area contributed by atoms with Gasteiger partial charge < -0.3 is 5.32 Å². The molecule has 1 aromatic heterocycles. The van der Waals surface area contributed by atoms with Crippen molar-refractivity contribution >= 4 is 29.1 Å². The van der Waals surface area contributed by atoms with Gasteiger partial charge in [-0.1, -0.05) is 17.7 Å². The van der Waals surface area contributed by atoms with Crippen molar-refractivity contribution in [3.05, 3.63) is 53.9 Å². The third kappa shape index (κ3) is 5.26. The number of aryl methyl sites for hydroxylation is 1. The number of hydrogen-bond donors (Lipinski definition) is 1. The largest absolute Gasteiger partial charge is 0.351 e. The van der Waals surface area contributed by atoms with E-state index in [-0.39, 0.29) is 24.1 Å². The molecule has 1 N–H and O–H groups in total. The Kier molecular flexibility index (Phi) is 7.26. The van der Waals surface area contributed by atoms with Crippen molar-refractivity contribution in [1.82, 2.24) is 15.3 Å². The van der Waals surface area contributed by atoms with Gasteiger partial charge >= 0.3 is 0 Å². The summed E-state index contributed by atoms with van der Waals surface area (Å²) in [6.07, 6.45) is 2.84. The van der Waals surface area contributed by atoms with E-state index in [0.717, 1.165) is 6.07 Å². The minimum absolute atomic E-state index is 0.00813. The minimum atomic E-state index is -2.81. The summed E-state index contributed by atoms with van der Waals surface area (Å²) in [6.45, 7) is 2.89. The molecule has 0 unspecified atom stereocenters. The van der Waals surface area contributed by atoms with Crippen LogP contribution in [0.1, 0.15) is 43.7 Å². The van der Waals surface area contributed by atoms with Crippen LogP contribution in [0.5, 0.6) is 0 Å². The number of halogens is 5. The molecular formula is C22H23ClF4N4O2. The summed E-state index contributed by atoms with van der Waals surface area (Å²) in [7, 11) is 0. The summed E-state index contributed by atoms with van der Waals surface area (Å²) >= 11 is 5.45. The average molecular weight is 487 g/mol. The SMILES string of the molecule is Cc1ccc(N(C(=O)[C@H](F)Cl)[C@](C)(C(=O)NC2CCC(F)(F)CC2)c2cncnc2)c(F)c1. The molecule has 178 valence electrons. The van der Waals surface area contributed by atoms with E-state index in [0.29, 0.717) is 10.5 Å². The maximum atomic E-state index is 15.0. The highest BCUT2D eigenvalue weighted by Gasteiger charge is 2.49. The lowest BCUT2D eigenvalue weighted by Crippen LogP contribution is -2.60. The molecule has 0 radical (unpaired) electrons. The Morgan fingerprint density at radius 2 is 1.85 bits per heavy atom. The number of carbonyl (C=O) groups is 2. The first-order chi connectivity index (χ1) is 15.5. The van der Waals surface area contributed by atoms with Gasteiger partial charge in [-0.2, -0.15) is 0 Å². The van der Waals surface area contributed by atoms with Gasteiger partial charge in [-0.05, 0) is 44.4 Å². The van der Waals surface area contributed by atoms with E-state index < -0.39 is 53.6 Å². The first-order valence-electron chi connectivity index (χ1n) is 10.3. The van der Waals surface area contributed by atoms with Crippen LogP contribution in [-0.4, -0.2) is 39.4 Å². The normalized spacial score (nSPS) is 18.8. The molecule has 0 aliphatic heterocycles. The molecule has 2 aromatic rings. The number of aromatic nitrogens is 2. The smallest absolute Gasteiger partial charge is 0.278 e. The molecule has 1 fully saturated rings. The van der Waals surface area contributed by atoms with E-state index in [4.69, 9.17) is 11.6 Å². The number of hydrogen-bond acceptors (Lipinski definition) is 4. The Morgan fingerprint density at radius 1 is 1.24 bits per heavy atom. The Bertz CT molecular complexity index is 1010. The van der Waals surface area contributed by atoms with Crippen LogP contribution in [0.2, 0.25) is 0 Å². The summed E-state index contributed by atoms with van der Waals surface area (Å²) in [4.78, 5) is 34.9. The fourth-order valence-electron chi connectivity index (χ4n) is 3.89. The van der Waals surface area contributed by atoms with Crippen LogP contribution in [0.25, 0.3) is 0 Å². The Morgan fingerprint density at radius 3 is 2.39 bits per heavy atom. The maximum Gasteiger partial charge on any atom is 0.278 e. The third-order valence-electron chi connectivity index (χ3n) is 5.82. The van der Waals surface area contributed by atoms with Gasteiger partial charge in [0.1, 0.15) is 12.1 Å². The molecule has 3 rings (SSSR count). The summed E-state index contributed by atoms with van der Waals surface area (Å²) in [5.74, 6) is -5.91. The average Bonchev–Trinajstić information content (AvgIpc) is 2.77. The molecule has 1 saturated carbocycles. The maximum absolute atomic E-state index is 15.0. The van der Waals surface area contributed by atoms with Crippen LogP contribution in [0, 0.1) is 12.7 Å². The van der Waals surface area contributed by atoms with E-state index in [1.165, 1.54) is 37.8 Å². The second-order valence-electron chi connectivity index (χ2n) is 8.23. The highest BCUT2D eigenvalue weighted by atomic mass is 35.5. The molecular weight excluding hydrogens is 464 g/mol. The van der Waals surface area contributed by atoms with E-state index in [2.05, 4.69) is 15.3 Å². The molecule has 2 amide bonds. The molecule has 33 heavy (non-hydrogen) atoms. The fourth-order valence-corrected chi connectivity index (χ4v) is 3.99. The Labute approximate surface area is 193 Å². The van der Waals surface area contributed by atoms with Gasteiger partial charge in [0.15, 0.2) is 5.54 Å². The second-order valence-corrected chi connectivity index (χ2v) is 8.62. The van der Waals surface area contributed by atoms with Crippen molar-refractivity contribution in [2.45, 2.75) is 62.7 Å². The minimum Gasteiger partial charge on any atom is -0.351 e. The van der Waals surface area contributed by atoms with Crippen LogP contribution in [0.15, 0.2) is 36.9 Å². The van der Waals surface area contributed by atoms with E-state index >= 15 is 0 Å². The highest BCUT2D eigenvalue weighted by molar-refractivity contribution is 6.32. The fraction of sp³-hybridized carbons (Fsp3) is 0.455. The molecule has 11 heteroatoms. The standard InChI is InChI=1S/C22H23ClF4N4O2/c1-13-3-4-17(16(24)9-13)31(19(32)18(23)25)21(2,14-10-28-12-29-11-14)20(33)30-15-5-7-22(26,27)8-6-15/h3-4,9-12,15,18H,5-8H2,1-2H3,(H,30,33)/t18-,21-/m0/s1. The lowest BCUT2D eigenvalue weighted by atomic mass is 9.87. The Hall–Kier alpha value is -2.75. The van der Waals surface area contributed by atoms with Gasteiger partial charge in [0.25, 0.3) is 17.4 Å². The molecule has 0 bridgehead atoms. The number of rotatable bonds is 6. The van der Waals surface area contributed by atoms with Gasteiger partial charge in [0, 0.05) is 36.8 Å². The molecule has 1 aliphatic rings. The van der Waals surface area contributed by atoms with Gasteiger partial charge in [0.2, 0.25) is 5.92 Å². The van der Waals surface area contributed by atoms with Crippen LogP contribution in [0.4, 0.5) is 23.2 Å². The lowest BCUT2D eigenvalue weighted by molar-refractivity contribution is -0.132. The van der Waals surface area contributed by atoms with Crippen molar-refractivity contribution in [2.75, 3.05) is 4.90 Å². The Balaban J connectivity index is 2.10. The molecule has 2 atom stereocenters. The summed E-state index contributed by atoms with van der Waals surface area (Å²) < 4.78 is 56.2. The number of anilines is 1. The van der Waals surface area contributed by atoms with Crippen molar-refractivity contribution in [3.8, 4) is 0 Å². The molecule has 1 heterocycles. The molecule has 0 saturated heterocycles. The summed E-state index contributed by atoms with van der Waals surface area (Å²) in [6, 6.07) is 3.24. The van der Waals surface area contributed by atoms with E-state index in [9.17, 15) is 27.2 Å². The van der Waals surface area contributed by atoms with Crippen molar-refractivity contribution < 1.29 is 27.2 Å². The van der Waals surface area contributed by atoms with Crippen LogP contribution >= 0.6 is 11.6 Å². The van der Waals surface area contributed by atoms with Crippen LogP contribution in [-0.2, 0) is 15.1 Å². The van der Waals surface area contributed by atoms with Crippen molar-refractivity contribution in [2.24, 2.45) is 0 Å². The number of alkyl halides is 4. The molecule has 0 spiro atoms. The van der Waals surface area contributed by atoms with Crippen LogP contribution < -0.4 is 10.2 Å². The summed E-state index contributed by atoms with van der Waals surface area (Å²) in [5.41, 5.74) is -4.44. The van der Waals surface area contributed by atoms with Crippen molar-refractivity contribution in [3.63, 3.8) is 0 Å². The quantitative estimate of drug-likeness (QED) is 0.485. The number of carbonyl (C=O) groups excluding carboxylic acids is 2. The number of nitrogens with one attached hydrogen (secondary N) is 1. The first-order valence-corrected chi connectivity index (χ1v) is 10.7. The van der Waals surface area contributed by atoms with Crippen molar-refractivity contribution in [1.29, 1.82) is 0 Å². The topological polar surface area (TPSA) is 75.2 Å². The molecule has 1 aromatic carbocycles. The zero-order valence-corrected chi connectivity index (χ0v) is 18.8. The monoisotopic (exact) mass is 486 g/mol. The number of amides is 2. The lowest BCUT2D eigenvalue weighted by Gasteiger charge is -2.41. The van der Waals surface area contributed by atoms with Gasteiger partial charge in [-0.25, -0.2) is 27.5 Å². The third-order valence-corrected chi connectivity index (χ3v) is 6.00. The molecule has 1 aliphatic carbocycles. The summed E-state index contributed by atoms with van der Waals surface area (Å²) in [5, 5.41) is 2.66. The zero-order chi connectivity index (χ0) is 24.4.